The summed E-state index contributed by atoms with van der Waals surface area (Å²) in [5.74, 6) is 0.0817. The minimum atomic E-state index is -0.877. The summed E-state index contributed by atoms with van der Waals surface area (Å²) in [6.07, 6.45) is 2.64. The van der Waals surface area contributed by atoms with Crippen LogP contribution in [0.25, 0.3) is 0 Å². The normalized spacial score (nSPS) is 17.6. The molecule has 0 unspecified atom stereocenters. The first-order chi connectivity index (χ1) is 9.56. The number of carbonyl (C=O) groups excluding carboxylic acids is 1. The van der Waals surface area contributed by atoms with Crippen molar-refractivity contribution in [3.63, 3.8) is 0 Å². The van der Waals surface area contributed by atoms with Crippen molar-refractivity contribution in [2.24, 2.45) is 0 Å². The van der Waals surface area contributed by atoms with Gasteiger partial charge in [-0.1, -0.05) is 0 Å². The van der Waals surface area contributed by atoms with E-state index in [1.54, 1.807) is 25.4 Å². The quantitative estimate of drug-likeness (QED) is 0.879. The summed E-state index contributed by atoms with van der Waals surface area (Å²) in [5, 5.41) is 10.4. The highest BCUT2D eigenvalue weighted by molar-refractivity contribution is 5.96. The maximum Gasteiger partial charge on any atom is 0.259 e. The smallest absolute Gasteiger partial charge is 0.259 e. The number of likely N-dealkylation sites (N-methyl/N-ethyl adjacent to an activating group) is 1. The molecule has 0 aromatic carbocycles. The van der Waals surface area contributed by atoms with Crippen molar-refractivity contribution < 1.29 is 19.4 Å². The van der Waals surface area contributed by atoms with Crippen molar-refractivity contribution in [2.75, 3.05) is 33.9 Å². The molecule has 110 valence electrons. The van der Waals surface area contributed by atoms with Gasteiger partial charge in [0.25, 0.3) is 5.91 Å². The molecule has 0 radical (unpaired) electrons. The summed E-state index contributed by atoms with van der Waals surface area (Å²) in [6.45, 7) is 1.32. The highest BCUT2D eigenvalue weighted by atomic mass is 16.5. The lowest BCUT2D eigenvalue weighted by Gasteiger charge is -2.35. The van der Waals surface area contributed by atoms with Crippen LogP contribution in [0.15, 0.2) is 18.3 Å². The Morgan fingerprint density at radius 2 is 2.25 bits per heavy atom. The average molecular weight is 280 g/mol. The number of ether oxygens (including phenoxy) is 2. The summed E-state index contributed by atoms with van der Waals surface area (Å²) < 4.78 is 10.3. The number of hydrogen-bond donors (Lipinski definition) is 1. The summed E-state index contributed by atoms with van der Waals surface area (Å²) in [5.41, 5.74) is -0.480. The number of methoxy groups -OCH3 is 1. The topological polar surface area (TPSA) is 71.9 Å². The fourth-order valence-corrected chi connectivity index (χ4v) is 2.34. The van der Waals surface area contributed by atoms with E-state index in [0.29, 0.717) is 37.5 Å². The highest BCUT2D eigenvalue weighted by Crippen LogP contribution is 2.23. The number of amides is 1. The van der Waals surface area contributed by atoms with Crippen LogP contribution in [0, 0.1) is 0 Å². The zero-order chi connectivity index (χ0) is 14.6. The summed E-state index contributed by atoms with van der Waals surface area (Å²) in [6, 6.07) is 3.35. The van der Waals surface area contributed by atoms with Crippen molar-refractivity contribution in [1.82, 2.24) is 9.88 Å². The third-order valence-corrected chi connectivity index (χ3v) is 3.50. The van der Waals surface area contributed by atoms with Crippen molar-refractivity contribution in [3.8, 4) is 5.88 Å². The maximum atomic E-state index is 12.4. The second-order valence-electron chi connectivity index (χ2n) is 5.06. The second kappa shape index (κ2) is 6.19. The van der Waals surface area contributed by atoms with Crippen LogP contribution in [0.4, 0.5) is 0 Å². The molecule has 1 aliphatic heterocycles. The van der Waals surface area contributed by atoms with E-state index in [1.807, 2.05) is 0 Å². The number of hydrogen-bond acceptors (Lipinski definition) is 5. The molecule has 6 nitrogen and oxygen atoms in total. The molecule has 1 fully saturated rings. The molecule has 1 saturated heterocycles. The molecule has 0 spiro atoms. The van der Waals surface area contributed by atoms with Gasteiger partial charge in [0.05, 0.1) is 12.7 Å². The number of aliphatic hydroxyl groups is 1. The fourth-order valence-electron chi connectivity index (χ4n) is 2.34. The molecule has 1 N–H and O–H groups in total. The van der Waals surface area contributed by atoms with Gasteiger partial charge in [0.1, 0.15) is 5.56 Å². The Bertz CT molecular complexity index is 472. The Balaban J connectivity index is 2.08. The van der Waals surface area contributed by atoms with Gasteiger partial charge in [-0.3, -0.25) is 4.79 Å². The molecule has 0 bridgehead atoms. The number of rotatable bonds is 4. The SMILES string of the molecule is COc1ncccc1C(=O)N(C)CC1(O)CCOCC1. The predicted octanol–water partition coefficient (Wildman–Crippen LogP) is 0.704. The molecule has 20 heavy (non-hydrogen) atoms. The zero-order valence-corrected chi connectivity index (χ0v) is 11.8. The predicted molar refractivity (Wildman–Crippen MR) is 72.8 cm³/mol. The Morgan fingerprint density at radius 1 is 1.55 bits per heavy atom. The Labute approximate surface area is 118 Å². The van der Waals surface area contributed by atoms with Crippen LogP contribution in [0.3, 0.4) is 0 Å². The number of nitrogens with zero attached hydrogens (tertiary/aromatic N) is 2. The fraction of sp³-hybridized carbons (Fsp3) is 0.571. The molecule has 2 heterocycles. The number of aromatic nitrogens is 1. The lowest BCUT2D eigenvalue weighted by molar-refractivity contribution is -0.0734. The van der Waals surface area contributed by atoms with Gasteiger partial charge in [-0.25, -0.2) is 4.98 Å². The van der Waals surface area contributed by atoms with Gasteiger partial charge in [-0.15, -0.1) is 0 Å². The van der Waals surface area contributed by atoms with E-state index in [1.165, 1.54) is 12.0 Å². The van der Waals surface area contributed by atoms with E-state index in [4.69, 9.17) is 9.47 Å². The minimum Gasteiger partial charge on any atom is -0.480 e. The van der Waals surface area contributed by atoms with Crippen LogP contribution in [-0.2, 0) is 4.74 Å². The molecule has 0 saturated carbocycles. The molecular formula is C14H20N2O4. The van der Waals surface area contributed by atoms with Crippen LogP contribution in [0.2, 0.25) is 0 Å². The molecular weight excluding hydrogens is 260 g/mol. The van der Waals surface area contributed by atoms with E-state index < -0.39 is 5.60 Å². The van der Waals surface area contributed by atoms with Crippen molar-refractivity contribution in [3.05, 3.63) is 23.9 Å². The van der Waals surface area contributed by atoms with Gasteiger partial charge in [0, 0.05) is 45.8 Å². The van der Waals surface area contributed by atoms with Crippen LogP contribution < -0.4 is 4.74 Å². The molecule has 1 aromatic rings. The first kappa shape index (κ1) is 14.7. The zero-order valence-electron chi connectivity index (χ0n) is 11.8. The standard InChI is InChI=1S/C14H20N2O4/c1-16(10-14(18)5-8-20-9-6-14)13(17)11-4-3-7-15-12(11)19-2/h3-4,7,18H,5-6,8-10H2,1-2H3. The van der Waals surface area contributed by atoms with Crippen LogP contribution in [-0.4, -0.2) is 60.4 Å². The molecule has 0 atom stereocenters. The van der Waals surface area contributed by atoms with E-state index in [2.05, 4.69) is 4.98 Å². The molecule has 0 aliphatic carbocycles. The van der Waals surface area contributed by atoms with Crippen molar-refractivity contribution in [1.29, 1.82) is 0 Å². The lowest BCUT2D eigenvalue weighted by atomic mass is 9.94. The monoisotopic (exact) mass is 280 g/mol. The Hall–Kier alpha value is -1.66. The maximum absolute atomic E-state index is 12.4. The number of carbonyl (C=O) groups is 1. The summed E-state index contributed by atoms with van der Waals surface area (Å²) in [4.78, 5) is 17.9. The largest absolute Gasteiger partial charge is 0.480 e. The van der Waals surface area contributed by atoms with E-state index in [-0.39, 0.29) is 12.5 Å². The molecule has 1 aromatic heterocycles. The van der Waals surface area contributed by atoms with Gasteiger partial charge in [-0.2, -0.15) is 0 Å². The van der Waals surface area contributed by atoms with Crippen LogP contribution >= 0.6 is 0 Å². The second-order valence-corrected chi connectivity index (χ2v) is 5.06. The highest BCUT2D eigenvalue weighted by Gasteiger charge is 2.33. The van der Waals surface area contributed by atoms with E-state index in [9.17, 15) is 9.90 Å². The first-order valence-corrected chi connectivity index (χ1v) is 6.60. The van der Waals surface area contributed by atoms with Crippen molar-refractivity contribution in [2.45, 2.75) is 18.4 Å². The Kier molecular flexibility index (Phi) is 4.57. The lowest BCUT2D eigenvalue weighted by Crippen LogP contribution is -2.47. The van der Waals surface area contributed by atoms with Crippen molar-refractivity contribution >= 4 is 5.91 Å². The minimum absolute atomic E-state index is 0.213. The third kappa shape index (κ3) is 3.26. The third-order valence-electron chi connectivity index (χ3n) is 3.50. The molecule has 2 rings (SSSR count). The van der Waals surface area contributed by atoms with Gasteiger partial charge in [0.15, 0.2) is 0 Å². The van der Waals surface area contributed by atoms with E-state index >= 15 is 0 Å². The summed E-state index contributed by atoms with van der Waals surface area (Å²) >= 11 is 0. The molecule has 1 amide bonds. The molecule has 6 heteroatoms. The van der Waals surface area contributed by atoms with Gasteiger partial charge in [0.2, 0.25) is 5.88 Å². The first-order valence-electron chi connectivity index (χ1n) is 6.60. The summed E-state index contributed by atoms with van der Waals surface area (Å²) in [7, 11) is 3.15. The van der Waals surface area contributed by atoms with E-state index in [0.717, 1.165) is 0 Å². The van der Waals surface area contributed by atoms with Gasteiger partial charge < -0.3 is 19.5 Å². The number of pyridine rings is 1. The van der Waals surface area contributed by atoms with Crippen LogP contribution in [0.5, 0.6) is 5.88 Å². The van der Waals surface area contributed by atoms with Gasteiger partial charge >= 0.3 is 0 Å². The average Bonchev–Trinajstić information content (AvgIpc) is 2.46. The van der Waals surface area contributed by atoms with Gasteiger partial charge in [-0.05, 0) is 12.1 Å². The molecule has 1 aliphatic rings. The Morgan fingerprint density at radius 3 is 2.90 bits per heavy atom. The van der Waals surface area contributed by atoms with Crippen LogP contribution in [0.1, 0.15) is 23.2 Å².